The summed E-state index contributed by atoms with van der Waals surface area (Å²) in [5, 5.41) is 0. The van der Waals surface area contributed by atoms with Crippen molar-refractivity contribution in [3.05, 3.63) is 0 Å². The van der Waals surface area contributed by atoms with Crippen molar-refractivity contribution in [2.45, 2.75) is 78.6 Å². The van der Waals surface area contributed by atoms with E-state index in [1.165, 1.54) is 57.8 Å². The average molecular weight is 196 g/mol. The molecule has 1 fully saturated rings. The lowest BCUT2D eigenvalue weighted by molar-refractivity contribution is 0.131. The van der Waals surface area contributed by atoms with Crippen molar-refractivity contribution >= 4 is 0 Å². The zero-order valence-corrected chi connectivity index (χ0v) is 10.4. The van der Waals surface area contributed by atoms with Gasteiger partial charge in [0, 0.05) is 0 Å². The first kappa shape index (κ1) is 12.1. The molecular formula is C14H28. The third-order valence-corrected chi connectivity index (χ3v) is 4.63. The lowest BCUT2D eigenvalue weighted by Gasteiger charge is -2.39. The number of unbranched alkanes of at least 4 members (excludes halogenated alkanes) is 1. The van der Waals surface area contributed by atoms with Crippen LogP contribution in [0.1, 0.15) is 78.6 Å². The van der Waals surface area contributed by atoms with Crippen molar-refractivity contribution in [3.63, 3.8) is 0 Å². The minimum atomic E-state index is 0.739. The lowest BCUT2D eigenvalue weighted by Crippen LogP contribution is -2.26. The van der Waals surface area contributed by atoms with Gasteiger partial charge in [-0.25, -0.2) is 0 Å². The molecule has 1 aliphatic carbocycles. The van der Waals surface area contributed by atoms with Gasteiger partial charge in [0.05, 0.1) is 0 Å². The summed E-state index contributed by atoms with van der Waals surface area (Å²) in [4.78, 5) is 0. The molecule has 1 rings (SSSR count). The minimum Gasteiger partial charge on any atom is -0.0654 e. The molecule has 1 saturated carbocycles. The summed E-state index contributed by atoms with van der Waals surface area (Å²) in [6.45, 7) is 7.08. The van der Waals surface area contributed by atoms with Crippen molar-refractivity contribution in [2.24, 2.45) is 11.3 Å². The predicted octanol–water partition coefficient (Wildman–Crippen LogP) is 5.17. The maximum atomic E-state index is 2.38. The summed E-state index contributed by atoms with van der Waals surface area (Å²) in [7, 11) is 0. The van der Waals surface area contributed by atoms with Crippen LogP contribution in [0.2, 0.25) is 0 Å². The Morgan fingerprint density at radius 1 is 1.00 bits per heavy atom. The molecule has 0 amide bonds. The van der Waals surface area contributed by atoms with Crippen molar-refractivity contribution in [1.82, 2.24) is 0 Å². The molecule has 0 aliphatic heterocycles. The molecular weight excluding hydrogens is 168 g/mol. The fourth-order valence-corrected chi connectivity index (χ4v) is 3.03. The quantitative estimate of drug-likeness (QED) is 0.569. The van der Waals surface area contributed by atoms with E-state index in [1.54, 1.807) is 0 Å². The first-order valence-electron chi connectivity index (χ1n) is 6.76. The SMILES string of the molecule is CCCCC1CCC(CC)(CC)CC1. The summed E-state index contributed by atoms with van der Waals surface area (Å²) < 4.78 is 0. The van der Waals surface area contributed by atoms with E-state index < -0.39 is 0 Å². The summed E-state index contributed by atoms with van der Waals surface area (Å²) >= 11 is 0. The molecule has 0 N–H and O–H groups in total. The Morgan fingerprint density at radius 2 is 1.57 bits per heavy atom. The molecule has 0 bridgehead atoms. The molecule has 84 valence electrons. The predicted molar refractivity (Wildman–Crippen MR) is 64.5 cm³/mol. The number of hydrogen-bond donors (Lipinski definition) is 0. The van der Waals surface area contributed by atoms with Crippen molar-refractivity contribution in [2.75, 3.05) is 0 Å². The Labute approximate surface area is 90.5 Å². The third kappa shape index (κ3) is 3.00. The van der Waals surface area contributed by atoms with Gasteiger partial charge in [0.1, 0.15) is 0 Å². The highest BCUT2D eigenvalue weighted by Crippen LogP contribution is 2.44. The maximum Gasteiger partial charge on any atom is -0.0302 e. The van der Waals surface area contributed by atoms with Crippen LogP contribution in [0.4, 0.5) is 0 Å². The van der Waals surface area contributed by atoms with Crippen molar-refractivity contribution < 1.29 is 0 Å². The first-order chi connectivity index (χ1) is 6.76. The molecule has 0 atom stereocenters. The van der Waals surface area contributed by atoms with Crippen LogP contribution in [-0.4, -0.2) is 0 Å². The first-order valence-corrected chi connectivity index (χ1v) is 6.76. The number of hydrogen-bond acceptors (Lipinski definition) is 0. The molecule has 0 saturated heterocycles. The second-order valence-corrected chi connectivity index (χ2v) is 5.29. The van der Waals surface area contributed by atoms with Crippen LogP contribution in [0.3, 0.4) is 0 Å². The molecule has 0 aromatic heterocycles. The van der Waals surface area contributed by atoms with E-state index >= 15 is 0 Å². The lowest BCUT2D eigenvalue weighted by atomic mass is 9.67. The van der Waals surface area contributed by atoms with E-state index in [0.717, 1.165) is 11.3 Å². The molecule has 0 aromatic rings. The highest BCUT2D eigenvalue weighted by Gasteiger charge is 2.31. The molecule has 0 radical (unpaired) electrons. The van der Waals surface area contributed by atoms with Crippen molar-refractivity contribution in [3.8, 4) is 0 Å². The van der Waals surface area contributed by atoms with Crippen LogP contribution in [0.5, 0.6) is 0 Å². The minimum absolute atomic E-state index is 0.739. The molecule has 0 heteroatoms. The molecule has 0 aromatic carbocycles. The maximum absolute atomic E-state index is 2.38. The Morgan fingerprint density at radius 3 is 2.00 bits per heavy atom. The fourth-order valence-electron chi connectivity index (χ4n) is 3.03. The Hall–Kier alpha value is 0. The van der Waals surface area contributed by atoms with E-state index in [-0.39, 0.29) is 0 Å². The zero-order chi connectivity index (χ0) is 10.4. The van der Waals surface area contributed by atoms with E-state index in [0.29, 0.717) is 0 Å². The normalized spacial score (nSPS) is 22.5. The monoisotopic (exact) mass is 196 g/mol. The topological polar surface area (TPSA) is 0 Å². The van der Waals surface area contributed by atoms with Gasteiger partial charge in [0.25, 0.3) is 0 Å². The van der Waals surface area contributed by atoms with Gasteiger partial charge in [-0.05, 0) is 37.0 Å². The fraction of sp³-hybridized carbons (Fsp3) is 1.00. The van der Waals surface area contributed by atoms with Gasteiger partial charge in [0.2, 0.25) is 0 Å². The van der Waals surface area contributed by atoms with Gasteiger partial charge >= 0.3 is 0 Å². The molecule has 0 nitrogen and oxygen atoms in total. The Kier molecular flexibility index (Phi) is 4.98. The van der Waals surface area contributed by atoms with Gasteiger partial charge in [-0.15, -0.1) is 0 Å². The van der Waals surface area contributed by atoms with E-state index in [4.69, 9.17) is 0 Å². The molecule has 0 spiro atoms. The smallest absolute Gasteiger partial charge is 0.0302 e. The van der Waals surface area contributed by atoms with Crippen LogP contribution < -0.4 is 0 Å². The number of rotatable bonds is 5. The average Bonchev–Trinajstić information content (AvgIpc) is 2.27. The summed E-state index contributed by atoms with van der Waals surface area (Å²) in [5.74, 6) is 1.07. The second-order valence-electron chi connectivity index (χ2n) is 5.29. The van der Waals surface area contributed by atoms with Crippen molar-refractivity contribution in [1.29, 1.82) is 0 Å². The highest BCUT2D eigenvalue weighted by atomic mass is 14.4. The molecule has 14 heavy (non-hydrogen) atoms. The van der Waals surface area contributed by atoms with Crippen LogP contribution in [-0.2, 0) is 0 Å². The Bertz CT molecular complexity index is 134. The van der Waals surface area contributed by atoms with Crippen LogP contribution in [0, 0.1) is 11.3 Å². The van der Waals surface area contributed by atoms with Crippen LogP contribution in [0.25, 0.3) is 0 Å². The Balaban J connectivity index is 2.29. The summed E-state index contributed by atoms with van der Waals surface area (Å²) in [6.07, 6.45) is 13.2. The van der Waals surface area contributed by atoms with Crippen LogP contribution >= 0.6 is 0 Å². The molecule has 1 aliphatic rings. The second kappa shape index (κ2) is 5.78. The van der Waals surface area contributed by atoms with Gasteiger partial charge in [-0.3, -0.25) is 0 Å². The van der Waals surface area contributed by atoms with E-state index in [1.807, 2.05) is 0 Å². The van der Waals surface area contributed by atoms with Crippen LogP contribution in [0.15, 0.2) is 0 Å². The standard InChI is InChI=1S/C14H28/c1-4-7-8-13-9-11-14(5-2,6-3)12-10-13/h13H,4-12H2,1-3H3. The summed E-state index contributed by atoms with van der Waals surface area (Å²) in [6, 6.07) is 0. The van der Waals surface area contributed by atoms with E-state index in [9.17, 15) is 0 Å². The highest BCUT2D eigenvalue weighted by molar-refractivity contribution is 4.83. The van der Waals surface area contributed by atoms with Gasteiger partial charge in [-0.2, -0.15) is 0 Å². The van der Waals surface area contributed by atoms with Gasteiger partial charge < -0.3 is 0 Å². The molecule has 0 unspecified atom stereocenters. The van der Waals surface area contributed by atoms with Gasteiger partial charge in [0.15, 0.2) is 0 Å². The van der Waals surface area contributed by atoms with Gasteiger partial charge in [-0.1, -0.05) is 52.9 Å². The largest absolute Gasteiger partial charge is 0.0654 e. The molecule has 0 heterocycles. The van der Waals surface area contributed by atoms with E-state index in [2.05, 4.69) is 20.8 Å². The summed E-state index contributed by atoms with van der Waals surface area (Å²) in [5.41, 5.74) is 0.739. The third-order valence-electron chi connectivity index (χ3n) is 4.63. The zero-order valence-electron chi connectivity index (χ0n) is 10.4.